The van der Waals surface area contributed by atoms with E-state index < -0.39 is 18.6 Å². The molecule has 1 rings (SSSR count). The lowest BCUT2D eigenvalue weighted by Crippen LogP contribution is -2.36. The molecule has 0 bridgehead atoms. The topological polar surface area (TPSA) is 46.2 Å². The molecule has 0 unspecified atom stereocenters. The molecule has 0 fully saturated rings. The van der Waals surface area contributed by atoms with Crippen molar-refractivity contribution < 1.29 is 13.9 Å². The summed E-state index contributed by atoms with van der Waals surface area (Å²) in [5, 5.41) is 8.88. The summed E-state index contributed by atoms with van der Waals surface area (Å²) < 4.78 is 26.0. The Morgan fingerprint density at radius 1 is 1.33 bits per heavy atom. The Hall–Kier alpha value is -0.420. The van der Waals surface area contributed by atoms with E-state index in [1.165, 1.54) is 18.2 Å². The molecule has 3 N–H and O–H groups in total. The number of alkyl halides is 2. The molecule has 0 amide bonds. The highest BCUT2D eigenvalue weighted by Crippen LogP contribution is 2.32. The number of halogens is 4. The Bertz CT molecular complexity index is 360. The summed E-state index contributed by atoms with van der Waals surface area (Å²) in [6.07, 6.45) is 0. The molecule has 0 aliphatic rings. The first kappa shape index (κ1) is 12.6. The molecule has 84 valence electrons. The van der Waals surface area contributed by atoms with Crippen LogP contribution in [0.3, 0.4) is 0 Å². The van der Waals surface area contributed by atoms with Crippen LogP contribution in [0.5, 0.6) is 0 Å². The molecular weight excluding hydrogens is 247 g/mol. The first-order chi connectivity index (χ1) is 6.88. The predicted molar refractivity (Wildman–Crippen MR) is 55.4 cm³/mol. The summed E-state index contributed by atoms with van der Waals surface area (Å²) in [6.45, 7) is -1.31. The smallest absolute Gasteiger partial charge is 0.289 e. The van der Waals surface area contributed by atoms with Crippen LogP contribution in [0.2, 0.25) is 10.0 Å². The summed E-state index contributed by atoms with van der Waals surface area (Å²) in [4.78, 5) is 0. The molecule has 0 heterocycles. The van der Waals surface area contributed by atoms with E-state index in [1.54, 1.807) is 0 Å². The van der Waals surface area contributed by atoms with Gasteiger partial charge in [-0.1, -0.05) is 29.3 Å². The van der Waals surface area contributed by atoms with Crippen molar-refractivity contribution in [3.8, 4) is 0 Å². The highest BCUT2D eigenvalue weighted by molar-refractivity contribution is 6.42. The lowest BCUT2D eigenvalue weighted by atomic mass is 10.0. The van der Waals surface area contributed by atoms with E-state index in [0.29, 0.717) is 0 Å². The third kappa shape index (κ3) is 2.78. The van der Waals surface area contributed by atoms with Crippen molar-refractivity contribution in [1.82, 2.24) is 0 Å². The average molecular weight is 256 g/mol. The third-order valence-electron chi connectivity index (χ3n) is 1.97. The van der Waals surface area contributed by atoms with Gasteiger partial charge in [-0.2, -0.15) is 0 Å². The van der Waals surface area contributed by atoms with E-state index in [2.05, 4.69) is 0 Å². The van der Waals surface area contributed by atoms with Gasteiger partial charge in [0.2, 0.25) is 0 Å². The number of aliphatic hydroxyl groups excluding tert-OH is 1. The zero-order valence-corrected chi connectivity index (χ0v) is 9.06. The van der Waals surface area contributed by atoms with Gasteiger partial charge in [0, 0.05) is 0 Å². The Morgan fingerprint density at radius 3 is 2.40 bits per heavy atom. The molecular formula is C9H9Cl2F2NO. The van der Waals surface area contributed by atoms with Crippen LogP contribution in [0.25, 0.3) is 0 Å². The van der Waals surface area contributed by atoms with E-state index in [4.69, 9.17) is 34.0 Å². The van der Waals surface area contributed by atoms with Crippen molar-refractivity contribution in [2.24, 2.45) is 5.73 Å². The highest BCUT2D eigenvalue weighted by atomic mass is 35.5. The van der Waals surface area contributed by atoms with Gasteiger partial charge in [-0.15, -0.1) is 0 Å². The van der Waals surface area contributed by atoms with Crippen LogP contribution in [0.1, 0.15) is 11.6 Å². The maximum atomic E-state index is 13.0. The van der Waals surface area contributed by atoms with Crippen LogP contribution >= 0.6 is 23.2 Å². The lowest BCUT2D eigenvalue weighted by Gasteiger charge is -2.21. The number of aliphatic hydroxyl groups is 1. The van der Waals surface area contributed by atoms with Gasteiger partial charge in [0.25, 0.3) is 5.92 Å². The number of hydrogen-bond acceptors (Lipinski definition) is 2. The minimum atomic E-state index is -3.38. The minimum Gasteiger partial charge on any atom is -0.390 e. The summed E-state index contributed by atoms with van der Waals surface area (Å²) in [7, 11) is 0. The fourth-order valence-corrected chi connectivity index (χ4v) is 1.35. The second-order valence-electron chi connectivity index (χ2n) is 3.07. The molecule has 0 saturated heterocycles. The molecule has 1 aromatic carbocycles. The van der Waals surface area contributed by atoms with Crippen LogP contribution in [-0.4, -0.2) is 17.6 Å². The van der Waals surface area contributed by atoms with Gasteiger partial charge < -0.3 is 10.8 Å². The number of benzene rings is 1. The number of hydrogen-bond donors (Lipinski definition) is 2. The Morgan fingerprint density at radius 2 is 1.93 bits per heavy atom. The minimum absolute atomic E-state index is 0.128. The van der Waals surface area contributed by atoms with Gasteiger partial charge in [-0.25, -0.2) is 8.78 Å². The van der Waals surface area contributed by atoms with E-state index in [9.17, 15) is 8.78 Å². The lowest BCUT2D eigenvalue weighted by molar-refractivity contribution is -0.0711. The monoisotopic (exact) mass is 255 g/mol. The van der Waals surface area contributed by atoms with Crippen molar-refractivity contribution in [2.45, 2.75) is 12.0 Å². The zero-order valence-electron chi connectivity index (χ0n) is 7.55. The van der Waals surface area contributed by atoms with Crippen LogP contribution in [0.15, 0.2) is 18.2 Å². The molecule has 0 saturated carbocycles. The van der Waals surface area contributed by atoms with Crippen LogP contribution in [-0.2, 0) is 0 Å². The SMILES string of the molecule is N[C@@H](c1ccc(Cl)c(Cl)c1)C(F)(F)CO. The molecule has 0 aliphatic heterocycles. The normalized spacial score (nSPS) is 14.0. The average Bonchev–Trinajstić information content (AvgIpc) is 2.21. The summed E-state index contributed by atoms with van der Waals surface area (Å²) in [5.41, 5.74) is 5.42. The maximum absolute atomic E-state index is 13.0. The first-order valence-electron chi connectivity index (χ1n) is 4.07. The molecule has 0 aliphatic carbocycles. The molecule has 1 aromatic rings. The van der Waals surface area contributed by atoms with E-state index in [1.807, 2.05) is 0 Å². The Kier molecular flexibility index (Phi) is 3.89. The molecule has 1 atom stereocenters. The fourth-order valence-electron chi connectivity index (χ4n) is 1.05. The van der Waals surface area contributed by atoms with Crippen molar-refractivity contribution in [2.75, 3.05) is 6.61 Å². The number of nitrogens with two attached hydrogens (primary N) is 1. The van der Waals surface area contributed by atoms with Gasteiger partial charge in [-0.05, 0) is 17.7 Å². The fraction of sp³-hybridized carbons (Fsp3) is 0.333. The Labute approximate surface area is 95.6 Å². The third-order valence-corrected chi connectivity index (χ3v) is 2.71. The van der Waals surface area contributed by atoms with Crippen LogP contribution in [0.4, 0.5) is 8.78 Å². The van der Waals surface area contributed by atoms with Crippen molar-refractivity contribution in [3.05, 3.63) is 33.8 Å². The maximum Gasteiger partial charge on any atom is 0.289 e. The zero-order chi connectivity index (χ0) is 11.6. The second-order valence-corrected chi connectivity index (χ2v) is 3.88. The summed E-state index contributed by atoms with van der Waals surface area (Å²) >= 11 is 11.3. The van der Waals surface area contributed by atoms with Gasteiger partial charge in [-0.3, -0.25) is 0 Å². The standard InChI is InChI=1S/C9H9Cl2F2NO/c10-6-2-1-5(3-7(6)11)8(14)9(12,13)4-15/h1-3,8,15H,4,14H2/t8-/m0/s1. The van der Waals surface area contributed by atoms with E-state index in [-0.39, 0.29) is 15.6 Å². The summed E-state index contributed by atoms with van der Waals surface area (Å²) in [5.74, 6) is -3.38. The van der Waals surface area contributed by atoms with Gasteiger partial charge >= 0.3 is 0 Å². The van der Waals surface area contributed by atoms with E-state index >= 15 is 0 Å². The second kappa shape index (κ2) is 4.61. The molecule has 0 aromatic heterocycles. The van der Waals surface area contributed by atoms with Crippen molar-refractivity contribution in [3.63, 3.8) is 0 Å². The van der Waals surface area contributed by atoms with Crippen molar-refractivity contribution >= 4 is 23.2 Å². The molecule has 0 radical (unpaired) electrons. The molecule has 15 heavy (non-hydrogen) atoms. The highest BCUT2D eigenvalue weighted by Gasteiger charge is 2.37. The van der Waals surface area contributed by atoms with Gasteiger partial charge in [0.05, 0.1) is 16.1 Å². The van der Waals surface area contributed by atoms with Gasteiger partial charge in [0.15, 0.2) is 0 Å². The largest absolute Gasteiger partial charge is 0.390 e. The van der Waals surface area contributed by atoms with Crippen molar-refractivity contribution in [1.29, 1.82) is 0 Å². The number of rotatable bonds is 3. The molecule has 6 heteroatoms. The first-order valence-corrected chi connectivity index (χ1v) is 4.83. The summed E-state index contributed by atoms with van der Waals surface area (Å²) in [6, 6.07) is 2.39. The Balaban J connectivity index is 3.02. The predicted octanol–water partition coefficient (Wildman–Crippen LogP) is 2.62. The van der Waals surface area contributed by atoms with Crippen LogP contribution < -0.4 is 5.73 Å². The van der Waals surface area contributed by atoms with Gasteiger partial charge in [0.1, 0.15) is 6.61 Å². The quantitative estimate of drug-likeness (QED) is 0.873. The van der Waals surface area contributed by atoms with Crippen LogP contribution in [0, 0.1) is 0 Å². The molecule has 2 nitrogen and oxygen atoms in total. The van der Waals surface area contributed by atoms with E-state index in [0.717, 1.165) is 0 Å². The molecule has 0 spiro atoms.